The maximum atomic E-state index is 5.60. The van der Waals surface area contributed by atoms with Gasteiger partial charge in [0.25, 0.3) is 0 Å². The summed E-state index contributed by atoms with van der Waals surface area (Å²) in [5, 5.41) is 14.5. The first kappa shape index (κ1) is 21.5. The molecule has 1 aromatic carbocycles. The van der Waals surface area contributed by atoms with Gasteiger partial charge < -0.3 is 9.64 Å². The van der Waals surface area contributed by atoms with Gasteiger partial charge in [0, 0.05) is 49.2 Å². The van der Waals surface area contributed by atoms with Crippen LogP contribution in [0.1, 0.15) is 18.2 Å². The highest BCUT2D eigenvalue weighted by Crippen LogP contribution is 2.26. The molecule has 0 radical (unpaired) electrons. The summed E-state index contributed by atoms with van der Waals surface area (Å²) in [5.41, 5.74) is 6.74. The number of benzene rings is 1. The number of aromatic nitrogens is 7. The van der Waals surface area contributed by atoms with E-state index >= 15 is 0 Å². The molecule has 0 unspecified atom stereocenters. The third kappa shape index (κ3) is 3.97. The van der Waals surface area contributed by atoms with Crippen LogP contribution >= 0.6 is 0 Å². The van der Waals surface area contributed by atoms with Crippen molar-refractivity contribution in [2.45, 2.75) is 27.3 Å². The van der Waals surface area contributed by atoms with Crippen LogP contribution in [0.2, 0.25) is 0 Å². The Hall–Kier alpha value is -3.98. The Kier molecular flexibility index (Phi) is 5.33. The summed E-state index contributed by atoms with van der Waals surface area (Å²) >= 11 is 0. The average molecular weight is 469 g/mol. The zero-order valence-electron chi connectivity index (χ0n) is 20.2. The van der Waals surface area contributed by atoms with E-state index in [9.17, 15) is 0 Å². The van der Waals surface area contributed by atoms with Crippen LogP contribution < -0.4 is 4.90 Å². The van der Waals surface area contributed by atoms with Crippen LogP contribution in [0.3, 0.4) is 0 Å². The molecule has 9 nitrogen and oxygen atoms in total. The number of ether oxygens (including phenoxy) is 1. The second-order valence-electron chi connectivity index (χ2n) is 8.87. The molecule has 0 amide bonds. The van der Waals surface area contributed by atoms with Gasteiger partial charge in [-0.2, -0.15) is 19.8 Å². The first-order valence-electron chi connectivity index (χ1n) is 12.0. The standard InChI is InChI=1S/C26H28N8O/c1-4-32-19(3)15-22(29-32)23-16-25-27-24(17-26(34(25)30-23)31-10-12-35-13-11-31)33-9-8-21(28-33)20-7-5-6-18(2)14-20/h5-9,14-17H,4,10-13H2,1-3H3. The maximum Gasteiger partial charge on any atom is 0.160 e. The molecular weight excluding hydrogens is 440 g/mol. The van der Waals surface area contributed by atoms with Gasteiger partial charge in [0.2, 0.25) is 0 Å². The Bertz CT molecular complexity index is 1510. The van der Waals surface area contributed by atoms with E-state index < -0.39 is 0 Å². The highest BCUT2D eigenvalue weighted by Gasteiger charge is 2.20. The molecule has 1 aliphatic heterocycles. The summed E-state index contributed by atoms with van der Waals surface area (Å²) in [6.45, 7) is 10.0. The molecule has 0 N–H and O–H groups in total. The fourth-order valence-electron chi connectivity index (χ4n) is 4.57. The SMILES string of the molecule is CCn1nc(-c2cc3nc(-n4ccc(-c5cccc(C)c5)n4)cc(N4CCOCC4)n3n2)cc1C. The molecule has 0 atom stereocenters. The molecule has 1 fully saturated rings. The molecular formula is C26H28N8O. The normalized spacial score (nSPS) is 14.2. The number of hydrogen-bond acceptors (Lipinski definition) is 6. The minimum Gasteiger partial charge on any atom is -0.378 e. The molecule has 178 valence electrons. The van der Waals surface area contributed by atoms with Crippen molar-refractivity contribution in [3.63, 3.8) is 0 Å². The molecule has 9 heteroatoms. The van der Waals surface area contributed by atoms with E-state index in [1.54, 1.807) is 0 Å². The highest BCUT2D eigenvalue weighted by molar-refractivity contribution is 5.65. The van der Waals surface area contributed by atoms with Crippen molar-refractivity contribution in [1.29, 1.82) is 0 Å². The van der Waals surface area contributed by atoms with E-state index in [2.05, 4.69) is 62.1 Å². The Morgan fingerprint density at radius 1 is 0.886 bits per heavy atom. The van der Waals surface area contributed by atoms with E-state index in [-0.39, 0.29) is 0 Å². The number of nitrogens with zero attached hydrogens (tertiary/aromatic N) is 8. The first-order chi connectivity index (χ1) is 17.1. The van der Waals surface area contributed by atoms with Crippen LogP contribution in [-0.2, 0) is 11.3 Å². The minimum atomic E-state index is 0.687. The van der Waals surface area contributed by atoms with Gasteiger partial charge in [0.05, 0.1) is 18.9 Å². The van der Waals surface area contributed by atoms with Gasteiger partial charge in [-0.25, -0.2) is 9.67 Å². The van der Waals surface area contributed by atoms with Crippen LogP contribution in [0, 0.1) is 13.8 Å². The highest BCUT2D eigenvalue weighted by atomic mass is 16.5. The van der Waals surface area contributed by atoms with E-state index in [0.717, 1.165) is 65.3 Å². The van der Waals surface area contributed by atoms with Crippen molar-refractivity contribution in [3.05, 3.63) is 66.0 Å². The lowest BCUT2D eigenvalue weighted by atomic mass is 10.1. The van der Waals surface area contributed by atoms with Gasteiger partial charge in [-0.1, -0.05) is 23.8 Å². The summed E-state index contributed by atoms with van der Waals surface area (Å²) < 4.78 is 11.3. The summed E-state index contributed by atoms with van der Waals surface area (Å²) in [7, 11) is 0. The summed E-state index contributed by atoms with van der Waals surface area (Å²) in [4.78, 5) is 7.22. The molecule has 35 heavy (non-hydrogen) atoms. The maximum absolute atomic E-state index is 5.60. The third-order valence-electron chi connectivity index (χ3n) is 6.41. The van der Waals surface area contributed by atoms with Crippen LogP contribution in [0.4, 0.5) is 5.82 Å². The van der Waals surface area contributed by atoms with Crippen LogP contribution in [0.25, 0.3) is 34.1 Å². The number of fused-ring (bicyclic) bond motifs is 1. The fraction of sp³-hybridized carbons (Fsp3) is 0.308. The Morgan fingerprint density at radius 3 is 2.49 bits per heavy atom. The molecule has 0 spiro atoms. The smallest absolute Gasteiger partial charge is 0.160 e. The molecule has 1 aliphatic rings. The largest absolute Gasteiger partial charge is 0.378 e. The lowest BCUT2D eigenvalue weighted by Crippen LogP contribution is -2.37. The van der Waals surface area contributed by atoms with E-state index in [4.69, 9.17) is 25.0 Å². The summed E-state index contributed by atoms with van der Waals surface area (Å²) in [6.07, 6.45) is 1.96. The number of hydrogen-bond donors (Lipinski definition) is 0. The Labute approximate surface area is 203 Å². The fourth-order valence-corrected chi connectivity index (χ4v) is 4.57. The molecule has 4 aromatic heterocycles. The van der Waals surface area contributed by atoms with Crippen LogP contribution in [-0.4, -0.2) is 60.5 Å². The summed E-state index contributed by atoms with van der Waals surface area (Å²) in [6, 6.07) is 16.5. The number of rotatable bonds is 5. The quantitative estimate of drug-likeness (QED) is 0.389. The predicted octanol–water partition coefficient (Wildman–Crippen LogP) is 3.92. The van der Waals surface area contributed by atoms with Crippen molar-refractivity contribution in [2.75, 3.05) is 31.2 Å². The second-order valence-corrected chi connectivity index (χ2v) is 8.87. The van der Waals surface area contributed by atoms with Gasteiger partial charge in [0.1, 0.15) is 17.2 Å². The van der Waals surface area contributed by atoms with Gasteiger partial charge in [-0.05, 0) is 39.0 Å². The Morgan fingerprint density at radius 2 is 1.71 bits per heavy atom. The van der Waals surface area contributed by atoms with E-state index in [1.807, 2.05) is 32.2 Å². The van der Waals surface area contributed by atoms with Gasteiger partial charge in [-0.3, -0.25) is 4.68 Å². The van der Waals surface area contributed by atoms with Gasteiger partial charge >= 0.3 is 0 Å². The third-order valence-corrected chi connectivity index (χ3v) is 6.41. The van der Waals surface area contributed by atoms with Crippen molar-refractivity contribution < 1.29 is 4.74 Å². The lowest BCUT2D eigenvalue weighted by molar-refractivity contribution is 0.122. The summed E-state index contributed by atoms with van der Waals surface area (Å²) in [5.74, 6) is 1.72. The van der Waals surface area contributed by atoms with E-state index in [1.165, 1.54) is 5.56 Å². The minimum absolute atomic E-state index is 0.687. The van der Waals surface area contributed by atoms with Crippen molar-refractivity contribution in [1.82, 2.24) is 34.2 Å². The van der Waals surface area contributed by atoms with Gasteiger partial charge in [0.15, 0.2) is 11.5 Å². The van der Waals surface area contributed by atoms with Crippen LogP contribution in [0.5, 0.6) is 0 Å². The monoisotopic (exact) mass is 468 g/mol. The predicted molar refractivity (Wildman–Crippen MR) is 135 cm³/mol. The average Bonchev–Trinajstić information content (AvgIpc) is 3.62. The van der Waals surface area contributed by atoms with E-state index in [0.29, 0.717) is 13.2 Å². The molecule has 0 saturated carbocycles. The van der Waals surface area contributed by atoms with Crippen LogP contribution in [0.15, 0.2) is 54.7 Å². The van der Waals surface area contributed by atoms with Gasteiger partial charge in [-0.15, -0.1) is 0 Å². The molecule has 5 aromatic rings. The topological polar surface area (TPSA) is 78.3 Å². The van der Waals surface area contributed by atoms with Crippen molar-refractivity contribution in [2.24, 2.45) is 0 Å². The molecule has 0 bridgehead atoms. The first-order valence-corrected chi connectivity index (χ1v) is 12.0. The van der Waals surface area contributed by atoms with Crippen molar-refractivity contribution in [3.8, 4) is 28.5 Å². The number of anilines is 1. The number of morpholine rings is 1. The van der Waals surface area contributed by atoms with Crippen molar-refractivity contribution >= 4 is 11.5 Å². The lowest BCUT2D eigenvalue weighted by Gasteiger charge is -2.29. The molecule has 6 rings (SSSR count). The second kappa shape index (κ2) is 8.66. The molecule has 0 aliphatic carbocycles. The zero-order chi connectivity index (χ0) is 23.9. The number of aryl methyl sites for hydroxylation is 3. The molecule has 5 heterocycles. The molecule has 1 saturated heterocycles. The Balaban J connectivity index is 1.46. The zero-order valence-corrected chi connectivity index (χ0v) is 20.2.